The molecule has 4 heteroatoms. The average molecular weight is 268 g/mol. The number of halogens is 1. The normalized spacial score (nSPS) is 16.4. The summed E-state index contributed by atoms with van der Waals surface area (Å²) in [4.78, 5) is 8.80. The molecule has 1 aliphatic rings. The van der Waals surface area contributed by atoms with Crippen LogP contribution in [0, 0.1) is 5.92 Å². The quantitative estimate of drug-likeness (QED) is 0.831. The molecule has 3 nitrogen and oxygen atoms in total. The van der Waals surface area contributed by atoms with Crippen LogP contribution in [0.4, 0.5) is 5.82 Å². The first-order valence-corrected chi connectivity index (χ1v) is 7.39. The van der Waals surface area contributed by atoms with Crippen LogP contribution in [-0.2, 0) is 12.8 Å². The van der Waals surface area contributed by atoms with E-state index in [0.717, 1.165) is 25.1 Å². The molecule has 0 aliphatic heterocycles. The zero-order chi connectivity index (χ0) is 13.0. The molecule has 0 bridgehead atoms. The lowest BCUT2D eigenvalue weighted by atomic mass is 9.96. The van der Waals surface area contributed by atoms with E-state index in [9.17, 15) is 0 Å². The van der Waals surface area contributed by atoms with Crippen molar-refractivity contribution in [2.75, 3.05) is 11.2 Å². The van der Waals surface area contributed by atoms with Gasteiger partial charge in [0.1, 0.15) is 12.1 Å². The molecule has 2 rings (SSSR count). The van der Waals surface area contributed by atoms with E-state index < -0.39 is 0 Å². The number of rotatable bonds is 5. The molecule has 0 radical (unpaired) electrons. The van der Waals surface area contributed by atoms with Crippen LogP contribution in [0.1, 0.15) is 44.4 Å². The number of nitrogens with zero attached hydrogens (tertiary/aromatic N) is 2. The summed E-state index contributed by atoms with van der Waals surface area (Å²) in [6, 6.07) is 0.299. The van der Waals surface area contributed by atoms with Crippen molar-refractivity contribution in [1.29, 1.82) is 0 Å². The minimum Gasteiger partial charge on any atom is -0.366 e. The molecule has 0 saturated carbocycles. The van der Waals surface area contributed by atoms with E-state index in [1.165, 1.54) is 24.1 Å². The smallest absolute Gasteiger partial charge is 0.133 e. The molecular weight excluding hydrogens is 246 g/mol. The van der Waals surface area contributed by atoms with Gasteiger partial charge in [0.05, 0.1) is 0 Å². The van der Waals surface area contributed by atoms with Crippen molar-refractivity contribution in [2.24, 2.45) is 5.92 Å². The van der Waals surface area contributed by atoms with E-state index in [1.807, 2.05) is 0 Å². The largest absolute Gasteiger partial charge is 0.366 e. The molecule has 0 saturated heterocycles. The molecule has 1 heterocycles. The van der Waals surface area contributed by atoms with Gasteiger partial charge in [-0.1, -0.05) is 13.8 Å². The first-order chi connectivity index (χ1) is 8.70. The Labute approximate surface area is 114 Å². The molecule has 0 spiro atoms. The van der Waals surface area contributed by atoms with E-state index in [4.69, 9.17) is 11.6 Å². The maximum atomic E-state index is 6.04. The summed E-state index contributed by atoms with van der Waals surface area (Å²) in [5, 5.41) is 3.51. The monoisotopic (exact) mass is 267 g/mol. The van der Waals surface area contributed by atoms with Gasteiger partial charge in [-0.05, 0) is 38.0 Å². The van der Waals surface area contributed by atoms with E-state index in [-0.39, 0.29) is 0 Å². The summed E-state index contributed by atoms with van der Waals surface area (Å²) >= 11 is 6.04. The molecule has 1 aromatic rings. The zero-order valence-corrected chi connectivity index (χ0v) is 12.0. The van der Waals surface area contributed by atoms with Crippen molar-refractivity contribution < 1.29 is 0 Å². The Hall–Kier alpha value is -0.830. The van der Waals surface area contributed by atoms with Crippen molar-refractivity contribution in [3.05, 3.63) is 17.6 Å². The van der Waals surface area contributed by atoms with E-state index in [0.29, 0.717) is 17.8 Å². The second kappa shape index (κ2) is 6.37. The van der Waals surface area contributed by atoms with Gasteiger partial charge in [0.15, 0.2) is 0 Å². The summed E-state index contributed by atoms with van der Waals surface area (Å²) in [7, 11) is 0. The fourth-order valence-electron chi connectivity index (χ4n) is 2.57. The summed E-state index contributed by atoms with van der Waals surface area (Å²) < 4.78 is 0. The number of aryl methyl sites for hydroxylation is 1. The third kappa shape index (κ3) is 3.35. The Balaban J connectivity index is 2.12. The minimum absolute atomic E-state index is 0.299. The Morgan fingerprint density at radius 3 is 2.78 bits per heavy atom. The standard InChI is InChI=1S/C14H22ClN3/c1-10(2)7-11(8-15)18-14-12-5-3-4-6-13(12)16-9-17-14/h9-11H,3-8H2,1-2H3,(H,16,17,18). The molecule has 1 aromatic heterocycles. The van der Waals surface area contributed by atoms with Crippen LogP contribution >= 0.6 is 11.6 Å². The molecule has 0 aromatic carbocycles. The number of hydrogen-bond acceptors (Lipinski definition) is 3. The van der Waals surface area contributed by atoms with Gasteiger partial charge in [0.25, 0.3) is 0 Å². The number of alkyl halides is 1. The van der Waals surface area contributed by atoms with Crippen LogP contribution in [0.25, 0.3) is 0 Å². The molecular formula is C14H22ClN3. The van der Waals surface area contributed by atoms with Crippen molar-refractivity contribution >= 4 is 17.4 Å². The first-order valence-electron chi connectivity index (χ1n) is 6.86. The number of aromatic nitrogens is 2. The molecule has 0 fully saturated rings. The lowest BCUT2D eigenvalue weighted by Gasteiger charge is -2.23. The third-order valence-corrected chi connectivity index (χ3v) is 3.78. The Kier molecular flexibility index (Phi) is 4.81. The number of fused-ring (bicyclic) bond motifs is 1. The Morgan fingerprint density at radius 2 is 2.06 bits per heavy atom. The number of nitrogens with one attached hydrogen (secondary N) is 1. The van der Waals surface area contributed by atoms with Gasteiger partial charge < -0.3 is 5.32 Å². The second-order valence-corrected chi connectivity index (χ2v) is 5.79. The maximum absolute atomic E-state index is 6.04. The second-order valence-electron chi connectivity index (χ2n) is 5.48. The van der Waals surface area contributed by atoms with Crippen LogP contribution in [-0.4, -0.2) is 21.9 Å². The van der Waals surface area contributed by atoms with Gasteiger partial charge in [-0.25, -0.2) is 9.97 Å². The van der Waals surface area contributed by atoms with Gasteiger partial charge in [-0.15, -0.1) is 11.6 Å². The van der Waals surface area contributed by atoms with E-state index in [2.05, 4.69) is 29.1 Å². The van der Waals surface area contributed by atoms with Gasteiger partial charge >= 0.3 is 0 Å². The highest BCUT2D eigenvalue weighted by Crippen LogP contribution is 2.25. The van der Waals surface area contributed by atoms with Gasteiger partial charge in [-0.3, -0.25) is 0 Å². The molecule has 1 unspecified atom stereocenters. The van der Waals surface area contributed by atoms with Crippen LogP contribution in [0.15, 0.2) is 6.33 Å². The van der Waals surface area contributed by atoms with Crippen molar-refractivity contribution in [3.63, 3.8) is 0 Å². The predicted molar refractivity (Wildman–Crippen MR) is 76.3 cm³/mol. The summed E-state index contributed by atoms with van der Waals surface area (Å²) in [6.07, 6.45) is 7.41. The van der Waals surface area contributed by atoms with Crippen molar-refractivity contribution in [1.82, 2.24) is 9.97 Å². The SMILES string of the molecule is CC(C)CC(CCl)Nc1ncnc2c1CCCC2. The minimum atomic E-state index is 0.299. The lowest BCUT2D eigenvalue weighted by molar-refractivity contribution is 0.540. The summed E-state index contributed by atoms with van der Waals surface area (Å²) in [5.74, 6) is 2.27. The van der Waals surface area contributed by atoms with E-state index in [1.54, 1.807) is 6.33 Å². The van der Waals surface area contributed by atoms with E-state index >= 15 is 0 Å². The highest BCUT2D eigenvalue weighted by Gasteiger charge is 2.18. The fraction of sp³-hybridized carbons (Fsp3) is 0.714. The lowest BCUT2D eigenvalue weighted by Crippen LogP contribution is -2.25. The average Bonchev–Trinajstić information content (AvgIpc) is 2.38. The number of hydrogen-bond donors (Lipinski definition) is 1. The third-order valence-electron chi connectivity index (χ3n) is 3.41. The van der Waals surface area contributed by atoms with Gasteiger partial charge in [0, 0.05) is 23.2 Å². The zero-order valence-electron chi connectivity index (χ0n) is 11.2. The van der Waals surface area contributed by atoms with Crippen LogP contribution in [0.5, 0.6) is 0 Å². The molecule has 100 valence electrons. The maximum Gasteiger partial charge on any atom is 0.133 e. The first kappa shape index (κ1) is 13.6. The summed E-state index contributed by atoms with van der Waals surface area (Å²) in [6.45, 7) is 4.44. The molecule has 1 atom stereocenters. The van der Waals surface area contributed by atoms with Crippen molar-refractivity contribution in [2.45, 2.75) is 52.0 Å². The Bertz CT molecular complexity index is 393. The Morgan fingerprint density at radius 1 is 1.28 bits per heavy atom. The molecule has 1 N–H and O–H groups in total. The van der Waals surface area contributed by atoms with Gasteiger partial charge in [0.2, 0.25) is 0 Å². The van der Waals surface area contributed by atoms with Crippen LogP contribution in [0.3, 0.4) is 0 Å². The predicted octanol–water partition coefficient (Wildman–Crippen LogP) is 3.42. The van der Waals surface area contributed by atoms with Gasteiger partial charge in [-0.2, -0.15) is 0 Å². The molecule has 1 aliphatic carbocycles. The highest BCUT2D eigenvalue weighted by atomic mass is 35.5. The van der Waals surface area contributed by atoms with Crippen molar-refractivity contribution in [3.8, 4) is 0 Å². The summed E-state index contributed by atoms with van der Waals surface area (Å²) in [5.41, 5.74) is 2.53. The highest BCUT2D eigenvalue weighted by molar-refractivity contribution is 6.18. The molecule has 18 heavy (non-hydrogen) atoms. The fourth-order valence-corrected chi connectivity index (χ4v) is 2.77. The topological polar surface area (TPSA) is 37.8 Å². The molecule has 0 amide bonds. The number of anilines is 1. The van der Waals surface area contributed by atoms with Crippen LogP contribution in [0.2, 0.25) is 0 Å². The van der Waals surface area contributed by atoms with Crippen LogP contribution < -0.4 is 5.32 Å².